The van der Waals surface area contributed by atoms with Gasteiger partial charge in [-0.15, -0.1) is 0 Å². The van der Waals surface area contributed by atoms with Gasteiger partial charge in [-0.05, 0) is 31.5 Å². The molecule has 0 aliphatic heterocycles. The molecule has 0 fully saturated rings. The molecule has 2 aromatic carbocycles. The molecule has 0 heterocycles. The average molecular weight is 360 g/mol. The lowest BCUT2D eigenvalue weighted by molar-refractivity contribution is -0.385. The van der Waals surface area contributed by atoms with Gasteiger partial charge in [0, 0.05) is 6.07 Å². The molecule has 0 bridgehead atoms. The number of aryl methyl sites for hydroxylation is 1. The Kier molecular flexibility index (Phi) is 6.00. The highest BCUT2D eigenvalue weighted by Gasteiger charge is 2.25. The number of amides is 1. The van der Waals surface area contributed by atoms with Gasteiger partial charge in [0.2, 0.25) is 0 Å². The van der Waals surface area contributed by atoms with Gasteiger partial charge in [-0.1, -0.05) is 6.07 Å². The van der Waals surface area contributed by atoms with Crippen molar-refractivity contribution in [2.45, 2.75) is 13.8 Å². The number of benzene rings is 2. The number of ether oxygens (including phenoxy) is 3. The van der Waals surface area contributed by atoms with Gasteiger partial charge in [-0.25, -0.2) is 0 Å². The molecule has 0 aliphatic rings. The number of hydrogen-bond acceptors (Lipinski definition) is 6. The Balaban J connectivity index is 2.49. The summed E-state index contributed by atoms with van der Waals surface area (Å²) in [6.45, 7) is 3.94. The first-order valence-corrected chi connectivity index (χ1v) is 7.86. The first-order valence-electron chi connectivity index (χ1n) is 7.86. The molecule has 1 amide bonds. The van der Waals surface area contributed by atoms with E-state index in [1.165, 1.54) is 26.4 Å². The molecule has 0 radical (unpaired) electrons. The largest absolute Gasteiger partial charge is 0.495 e. The van der Waals surface area contributed by atoms with Crippen molar-refractivity contribution in [3.8, 4) is 17.2 Å². The number of anilines is 1. The Labute approximate surface area is 150 Å². The number of nitrogens with one attached hydrogen (secondary N) is 1. The van der Waals surface area contributed by atoms with E-state index in [0.29, 0.717) is 18.0 Å². The fraction of sp³-hybridized carbons (Fsp3) is 0.278. The van der Waals surface area contributed by atoms with Crippen LogP contribution in [-0.4, -0.2) is 31.7 Å². The van der Waals surface area contributed by atoms with Crippen LogP contribution in [0.3, 0.4) is 0 Å². The zero-order valence-corrected chi connectivity index (χ0v) is 15.0. The SMILES string of the molecule is CCOc1cc(C(=O)Nc2cc(C)ccc2OC)c([N+](=O)[O-])cc1OC. The number of nitrogens with zero attached hydrogens (tertiary/aromatic N) is 1. The van der Waals surface area contributed by atoms with Crippen molar-refractivity contribution in [3.63, 3.8) is 0 Å². The third-order valence-electron chi connectivity index (χ3n) is 3.63. The molecular formula is C18H20N2O6. The highest BCUT2D eigenvalue weighted by molar-refractivity contribution is 6.08. The van der Waals surface area contributed by atoms with E-state index in [4.69, 9.17) is 14.2 Å². The number of nitro groups is 1. The normalized spacial score (nSPS) is 10.2. The lowest BCUT2D eigenvalue weighted by Gasteiger charge is -2.13. The number of methoxy groups -OCH3 is 2. The van der Waals surface area contributed by atoms with Crippen LogP contribution in [0.25, 0.3) is 0 Å². The van der Waals surface area contributed by atoms with Crippen molar-refractivity contribution in [3.05, 3.63) is 51.6 Å². The fourth-order valence-corrected chi connectivity index (χ4v) is 2.42. The second kappa shape index (κ2) is 8.19. The highest BCUT2D eigenvalue weighted by atomic mass is 16.6. The van der Waals surface area contributed by atoms with Crippen LogP contribution in [0.1, 0.15) is 22.8 Å². The third-order valence-corrected chi connectivity index (χ3v) is 3.63. The van der Waals surface area contributed by atoms with Gasteiger partial charge in [0.1, 0.15) is 11.3 Å². The Morgan fingerprint density at radius 2 is 1.81 bits per heavy atom. The molecule has 0 saturated heterocycles. The Bertz CT molecular complexity index is 835. The average Bonchev–Trinajstić information content (AvgIpc) is 2.61. The number of rotatable bonds is 7. The Hall–Kier alpha value is -3.29. The first-order chi connectivity index (χ1) is 12.4. The summed E-state index contributed by atoms with van der Waals surface area (Å²) in [5, 5.41) is 14.1. The second-order valence-corrected chi connectivity index (χ2v) is 5.37. The van der Waals surface area contributed by atoms with Crippen molar-refractivity contribution >= 4 is 17.3 Å². The maximum atomic E-state index is 12.7. The van der Waals surface area contributed by atoms with Crippen molar-refractivity contribution in [1.82, 2.24) is 0 Å². The predicted octanol–water partition coefficient (Wildman–Crippen LogP) is 3.57. The van der Waals surface area contributed by atoms with Crippen LogP contribution >= 0.6 is 0 Å². The summed E-state index contributed by atoms with van der Waals surface area (Å²) < 4.78 is 15.7. The summed E-state index contributed by atoms with van der Waals surface area (Å²) in [7, 11) is 2.85. The fourth-order valence-electron chi connectivity index (χ4n) is 2.42. The third kappa shape index (κ3) is 4.02. The summed E-state index contributed by atoms with van der Waals surface area (Å²) in [6.07, 6.45) is 0. The van der Waals surface area contributed by atoms with Crippen molar-refractivity contribution < 1.29 is 23.9 Å². The topological polar surface area (TPSA) is 99.9 Å². The minimum atomic E-state index is -0.649. The van der Waals surface area contributed by atoms with Gasteiger partial charge in [0.25, 0.3) is 11.6 Å². The lowest BCUT2D eigenvalue weighted by atomic mass is 10.1. The van der Waals surface area contributed by atoms with Gasteiger partial charge in [-0.3, -0.25) is 14.9 Å². The van der Waals surface area contributed by atoms with E-state index in [9.17, 15) is 14.9 Å². The molecular weight excluding hydrogens is 340 g/mol. The molecule has 26 heavy (non-hydrogen) atoms. The molecule has 0 aliphatic carbocycles. The van der Waals surface area contributed by atoms with Gasteiger partial charge in [0.15, 0.2) is 11.5 Å². The Morgan fingerprint density at radius 3 is 2.38 bits per heavy atom. The number of hydrogen-bond donors (Lipinski definition) is 1. The van der Waals surface area contributed by atoms with E-state index in [2.05, 4.69) is 5.32 Å². The molecule has 0 saturated carbocycles. The molecule has 0 atom stereocenters. The zero-order valence-electron chi connectivity index (χ0n) is 15.0. The zero-order chi connectivity index (χ0) is 19.3. The summed E-state index contributed by atoms with van der Waals surface area (Å²) in [5.74, 6) is 0.236. The van der Waals surface area contributed by atoms with E-state index in [1.54, 1.807) is 19.1 Å². The Morgan fingerprint density at radius 1 is 1.12 bits per heavy atom. The van der Waals surface area contributed by atoms with Crippen LogP contribution in [0, 0.1) is 17.0 Å². The predicted molar refractivity (Wildman–Crippen MR) is 96.5 cm³/mol. The van der Waals surface area contributed by atoms with Gasteiger partial charge in [-0.2, -0.15) is 0 Å². The molecule has 2 rings (SSSR count). The number of carbonyl (C=O) groups is 1. The summed E-state index contributed by atoms with van der Waals surface area (Å²) >= 11 is 0. The molecule has 0 unspecified atom stereocenters. The molecule has 8 nitrogen and oxygen atoms in total. The monoisotopic (exact) mass is 360 g/mol. The van der Waals surface area contributed by atoms with Crippen molar-refractivity contribution in [2.75, 3.05) is 26.1 Å². The van der Waals surface area contributed by atoms with Crippen LogP contribution < -0.4 is 19.5 Å². The van der Waals surface area contributed by atoms with Gasteiger partial charge < -0.3 is 19.5 Å². The van der Waals surface area contributed by atoms with Crippen molar-refractivity contribution in [1.29, 1.82) is 0 Å². The van der Waals surface area contributed by atoms with E-state index in [-0.39, 0.29) is 22.7 Å². The quantitative estimate of drug-likeness (QED) is 0.598. The summed E-state index contributed by atoms with van der Waals surface area (Å²) in [4.78, 5) is 23.5. The van der Waals surface area contributed by atoms with Crippen LogP contribution in [0.5, 0.6) is 17.2 Å². The summed E-state index contributed by atoms with van der Waals surface area (Å²) in [6, 6.07) is 7.73. The van der Waals surface area contributed by atoms with Crippen LogP contribution in [-0.2, 0) is 0 Å². The molecule has 0 aromatic heterocycles. The standard InChI is InChI=1S/C18H20N2O6/c1-5-26-17-9-12(14(20(22)23)10-16(17)25-4)18(21)19-13-8-11(2)6-7-15(13)24-3/h6-10H,5H2,1-4H3,(H,19,21). The minimum Gasteiger partial charge on any atom is -0.495 e. The van der Waals surface area contributed by atoms with E-state index < -0.39 is 10.8 Å². The lowest BCUT2D eigenvalue weighted by Crippen LogP contribution is -2.15. The number of carbonyl (C=O) groups excluding carboxylic acids is 1. The van der Waals surface area contributed by atoms with E-state index in [1.807, 2.05) is 13.0 Å². The minimum absolute atomic E-state index is 0.136. The van der Waals surface area contributed by atoms with Crippen LogP contribution in [0.2, 0.25) is 0 Å². The van der Waals surface area contributed by atoms with E-state index in [0.717, 1.165) is 5.56 Å². The first kappa shape index (κ1) is 19.0. The highest BCUT2D eigenvalue weighted by Crippen LogP contribution is 2.35. The van der Waals surface area contributed by atoms with E-state index >= 15 is 0 Å². The van der Waals surface area contributed by atoms with Crippen molar-refractivity contribution in [2.24, 2.45) is 0 Å². The second-order valence-electron chi connectivity index (χ2n) is 5.37. The molecule has 8 heteroatoms. The molecule has 2 aromatic rings. The maximum absolute atomic E-state index is 12.7. The molecule has 138 valence electrons. The van der Waals surface area contributed by atoms with Crippen LogP contribution in [0.15, 0.2) is 30.3 Å². The van der Waals surface area contributed by atoms with Crippen LogP contribution in [0.4, 0.5) is 11.4 Å². The molecule has 0 spiro atoms. The van der Waals surface area contributed by atoms with Gasteiger partial charge >= 0.3 is 0 Å². The smallest absolute Gasteiger partial charge is 0.286 e. The maximum Gasteiger partial charge on any atom is 0.286 e. The summed E-state index contributed by atoms with van der Waals surface area (Å²) in [5.41, 5.74) is 0.804. The van der Waals surface area contributed by atoms with Gasteiger partial charge in [0.05, 0.1) is 37.5 Å². The molecule has 1 N–H and O–H groups in total. The number of nitro benzene ring substituents is 1.